The van der Waals surface area contributed by atoms with Crippen LogP contribution >= 0.6 is 0 Å². The third-order valence-corrected chi connectivity index (χ3v) is 5.16. The second-order valence-corrected chi connectivity index (χ2v) is 7.21. The summed E-state index contributed by atoms with van der Waals surface area (Å²) in [6, 6.07) is 20.9. The van der Waals surface area contributed by atoms with Crippen LogP contribution in [0.15, 0.2) is 79.0 Å². The van der Waals surface area contributed by atoms with Crippen molar-refractivity contribution >= 4 is 28.9 Å². The number of pyridine rings is 1. The van der Waals surface area contributed by atoms with Crippen LogP contribution in [0.4, 0.5) is 5.69 Å². The number of aromatic nitrogens is 1. The molecule has 0 saturated carbocycles. The van der Waals surface area contributed by atoms with Crippen molar-refractivity contribution < 1.29 is 23.9 Å². The van der Waals surface area contributed by atoms with Crippen LogP contribution < -0.4 is 10.1 Å². The number of ketones is 1. The molecule has 0 spiro atoms. The zero-order chi connectivity index (χ0) is 23.4. The number of Topliss-reactive ketones (excluding diaryl/α,β-unsaturated/α-hetero) is 1. The maximum atomic E-state index is 13.3. The van der Waals surface area contributed by atoms with E-state index in [0.717, 1.165) is 11.1 Å². The Kier molecular flexibility index (Phi) is 6.22. The van der Waals surface area contributed by atoms with Gasteiger partial charge in [0.05, 0.1) is 19.3 Å². The zero-order valence-electron chi connectivity index (χ0n) is 18.2. The number of hydrogen-bond acceptors (Lipinski definition) is 5. The Labute approximate surface area is 190 Å². The molecule has 4 aromatic rings. The molecule has 0 saturated heterocycles. The molecule has 166 valence electrons. The molecule has 0 aliphatic carbocycles. The molecule has 2 aromatic carbocycles. The molecule has 0 radical (unpaired) electrons. The molecule has 2 heterocycles. The molecule has 0 fully saturated rings. The molecular weight excluding hydrogens is 420 g/mol. The van der Waals surface area contributed by atoms with Gasteiger partial charge < -0.3 is 19.2 Å². The molecule has 7 heteroatoms. The summed E-state index contributed by atoms with van der Waals surface area (Å²) < 4.78 is 11.9. The summed E-state index contributed by atoms with van der Waals surface area (Å²) in [5.74, 6) is -1.21. The standard InChI is InChI=1S/C26H22N2O5/c1-3-33-26(31)18-7-11-19(12-8-18)27-25(30)24(29)23-22(16-20-6-4-5-15-28(20)23)17-9-13-21(32-2)14-10-17/h4-16H,3H2,1-2H3,(H,27,30). The number of carbonyl (C=O) groups is 3. The summed E-state index contributed by atoms with van der Waals surface area (Å²) in [6.07, 6.45) is 1.75. The van der Waals surface area contributed by atoms with Gasteiger partial charge in [-0.15, -0.1) is 0 Å². The van der Waals surface area contributed by atoms with E-state index in [2.05, 4.69) is 5.32 Å². The van der Waals surface area contributed by atoms with E-state index in [0.29, 0.717) is 22.6 Å². The first-order valence-electron chi connectivity index (χ1n) is 10.4. The fraction of sp³-hybridized carbons (Fsp3) is 0.115. The number of carbonyl (C=O) groups excluding carboxylic acids is 3. The predicted octanol–water partition coefficient (Wildman–Crippen LogP) is 4.61. The van der Waals surface area contributed by atoms with E-state index in [-0.39, 0.29) is 12.3 Å². The lowest BCUT2D eigenvalue weighted by Gasteiger charge is -2.09. The van der Waals surface area contributed by atoms with Gasteiger partial charge in [0, 0.05) is 23.0 Å². The minimum absolute atomic E-state index is 0.261. The number of nitrogens with zero attached hydrogens (tertiary/aromatic N) is 1. The highest BCUT2D eigenvalue weighted by molar-refractivity contribution is 6.47. The van der Waals surface area contributed by atoms with Crippen LogP contribution in [0.25, 0.3) is 16.6 Å². The van der Waals surface area contributed by atoms with Crippen molar-refractivity contribution in [3.05, 3.63) is 90.3 Å². The normalized spacial score (nSPS) is 10.6. The van der Waals surface area contributed by atoms with Gasteiger partial charge >= 0.3 is 5.97 Å². The van der Waals surface area contributed by atoms with Gasteiger partial charge in [0.2, 0.25) is 0 Å². The number of hydrogen-bond donors (Lipinski definition) is 1. The Hall–Kier alpha value is -4.39. The second-order valence-electron chi connectivity index (χ2n) is 7.21. The number of rotatable bonds is 7. The molecule has 0 aliphatic rings. The first-order valence-corrected chi connectivity index (χ1v) is 10.4. The van der Waals surface area contributed by atoms with E-state index in [4.69, 9.17) is 9.47 Å². The van der Waals surface area contributed by atoms with Gasteiger partial charge in [-0.3, -0.25) is 9.59 Å². The molecule has 33 heavy (non-hydrogen) atoms. The van der Waals surface area contributed by atoms with Gasteiger partial charge in [0.15, 0.2) is 0 Å². The smallest absolute Gasteiger partial charge is 0.338 e. The molecule has 1 N–H and O–H groups in total. The quantitative estimate of drug-likeness (QED) is 0.257. The number of benzene rings is 2. The molecule has 7 nitrogen and oxygen atoms in total. The lowest BCUT2D eigenvalue weighted by Crippen LogP contribution is -2.24. The summed E-state index contributed by atoms with van der Waals surface area (Å²) in [7, 11) is 1.58. The highest BCUT2D eigenvalue weighted by Gasteiger charge is 2.25. The lowest BCUT2D eigenvalue weighted by molar-refractivity contribution is -0.112. The molecule has 2 aromatic heterocycles. The van der Waals surface area contributed by atoms with Crippen LogP contribution in [-0.2, 0) is 9.53 Å². The van der Waals surface area contributed by atoms with Crippen molar-refractivity contribution in [1.82, 2.24) is 4.40 Å². The number of fused-ring (bicyclic) bond motifs is 1. The Morgan fingerprint density at radius 1 is 0.939 bits per heavy atom. The van der Waals surface area contributed by atoms with Gasteiger partial charge in [-0.25, -0.2) is 4.79 Å². The monoisotopic (exact) mass is 442 g/mol. The zero-order valence-corrected chi connectivity index (χ0v) is 18.2. The van der Waals surface area contributed by atoms with Gasteiger partial charge in [0.1, 0.15) is 11.4 Å². The average Bonchev–Trinajstić information content (AvgIpc) is 3.23. The van der Waals surface area contributed by atoms with E-state index < -0.39 is 17.7 Å². The Bertz CT molecular complexity index is 1320. The van der Waals surface area contributed by atoms with Crippen molar-refractivity contribution in [2.75, 3.05) is 19.0 Å². The fourth-order valence-electron chi connectivity index (χ4n) is 3.55. The van der Waals surface area contributed by atoms with E-state index in [1.807, 2.05) is 30.3 Å². The summed E-state index contributed by atoms with van der Waals surface area (Å²) in [5.41, 5.74) is 3.24. The Morgan fingerprint density at radius 2 is 1.67 bits per heavy atom. The maximum Gasteiger partial charge on any atom is 0.338 e. The van der Waals surface area contributed by atoms with Crippen LogP contribution in [0, 0.1) is 0 Å². The molecule has 0 aliphatic heterocycles. The highest BCUT2D eigenvalue weighted by Crippen LogP contribution is 2.30. The number of methoxy groups -OCH3 is 1. The van der Waals surface area contributed by atoms with Crippen LogP contribution in [0.2, 0.25) is 0 Å². The van der Waals surface area contributed by atoms with Crippen molar-refractivity contribution in [3.8, 4) is 16.9 Å². The third-order valence-electron chi connectivity index (χ3n) is 5.16. The summed E-state index contributed by atoms with van der Waals surface area (Å²) >= 11 is 0. The maximum absolute atomic E-state index is 13.3. The third kappa shape index (κ3) is 4.48. The topological polar surface area (TPSA) is 86.1 Å². The fourth-order valence-corrected chi connectivity index (χ4v) is 3.55. The van der Waals surface area contributed by atoms with Crippen LogP contribution in [0.1, 0.15) is 27.8 Å². The van der Waals surface area contributed by atoms with E-state index >= 15 is 0 Å². The van der Waals surface area contributed by atoms with Gasteiger partial charge in [-0.05, 0) is 67.1 Å². The molecule has 0 unspecified atom stereocenters. The van der Waals surface area contributed by atoms with Crippen molar-refractivity contribution in [3.63, 3.8) is 0 Å². The summed E-state index contributed by atoms with van der Waals surface area (Å²) in [5, 5.41) is 2.62. The van der Waals surface area contributed by atoms with E-state index in [1.165, 1.54) is 12.1 Å². The Balaban J connectivity index is 1.64. The summed E-state index contributed by atoms with van der Waals surface area (Å²) in [6.45, 7) is 2.00. The highest BCUT2D eigenvalue weighted by atomic mass is 16.5. The van der Waals surface area contributed by atoms with Crippen molar-refractivity contribution in [2.45, 2.75) is 6.92 Å². The molecule has 4 rings (SSSR count). The number of esters is 1. The van der Waals surface area contributed by atoms with Gasteiger partial charge in [-0.1, -0.05) is 18.2 Å². The number of anilines is 1. The lowest BCUT2D eigenvalue weighted by atomic mass is 10.0. The van der Waals surface area contributed by atoms with Crippen molar-refractivity contribution in [2.24, 2.45) is 0 Å². The van der Waals surface area contributed by atoms with E-state index in [9.17, 15) is 14.4 Å². The average molecular weight is 442 g/mol. The first kappa shape index (κ1) is 21.8. The molecular formula is C26H22N2O5. The SMILES string of the molecule is CCOC(=O)c1ccc(NC(=O)C(=O)c2c(-c3ccc(OC)cc3)cc3ccccn23)cc1. The largest absolute Gasteiger partial charge is 0.497 e. The van der Waals surface area contributed by atoms with Crippen LogP contribution in [-0.4, -0.2) is 35.8 Å². The number of amides is 1. The minimum atomic E-state index is -0.780. The van der Waals surface area contributed by atoms with E-state index in [1.54, 1.807) is 55.0 Å². The predicted molar refractivity (Wildman–Crippen MR) is 125 cm³/mol. The summed E-state index contributed by atoms with van der Waals surface area (Å²) in [4.78, 5) is 37.9. The number of nitrogens with one attached hydrogen (secondary N) is 1. The molecule has 1 amide bonds. The van der Waals surface area contributed by atoms with Gasteiger partial charge in [0.25, 0.3) is 11.7 Å². The number of ether oxygens (including phenoxy) is 2. The van der Waals surface area contributed by atoms with Crippen LogP contribution in [0.3, 0.4) is 0 Å². The van der Waals surface area contributed by atoms with Crippen LogP contribution in [0.5, 0.6) is 5.75 Å². The molecule has 0 atom stereocenters. The minimum Gasteiger partial charge on any atom is -0.497 e. The first-order chi connectivity index (χ1) is 16.0. The second kappa shape index (κ2) is 9.40. The van der Waals surface area contributed by atoms with Crippen molar-refractivity contribution in [1.29, 1.82) is 0 Å². The Morgan fingerprint density at radius 3 is 2.33 bits per heavy atom. The molecule has 0 bridgehead atoms. The van der Waals surface area contributed by atoms with Gasteiger partial charge in [-0.2, -0.15) is 0 Å².